The lowest BCUT2D eigenvalue weighted by molar-refractivity contribution is 0.414. The molecule has 14 heavy (non-hydrogen) atoms. The van der Waals surface area contributed by atoms with E-state index in [-0.39, 0.29) is 5.69 Å². The number of methoxy groups -OCH3 is 1. The number of rotatable bonds is 2. The summed E-state index contributed by atoms with van der Waals surface area (Å²) in [7, 11) is 1.59. The van der Waals surface area contributed by atoms with Crippen LogP contribution in [0.4, 0.5) is 0 Å². The summed E-state index contributed by atoms with van der Waals surface area (Å²) in [4.78, 5) is 13.6. The second kappa shape index (κ2) is 3.37. The standard InChI is InChI=1S/C9H9N3O2/c1-14-8-4-2-7(3-5-8)12-9(13)10-6-11-12/h2-6H,1H3,(H,10,11,13). The van der Waals surface area contributed by atoms with Gasteiger partial charge in [-0.05, 0) is 24.3 Å². The molecule has 0 unspecified atom stereocenters. The highest BCUT2D eigenvalue weighted by molar-refractivity contribution is 5.36. The molecule has 0 atom stereocenters. The molecule has 72 valence electrons. The summed E-state index contributed by atoms with van der Waals surface area (Å²) in [6, 6.07) is 7.08. The van der Waals surface area contributed by atoms with Crippen LogP contribution in [0.5, 0.6) is 5.75 Å². The molecule has 1 aromatic heterocycles. The topological polar surface area (TPSA) is 59.9 Å². The Morgan fingerprint density at radius 1 is 1.36 bits per heavy atom. The predicted molar refractivity (Wildman–Crippen MR) is 50.7 cm³/mol. The average Bonchev–Trinajstić information content (AvgIpc) is 2.65. The number of benzene rings is 1. The van der Waals surface area contributed by atoms with Gasteiger partial charge in [-0.25, -0.2) is 4.79 Å². The van der Waals surface area contributed by atoms with E-state index in [9.17, 15) is 4.79 Å². The number of nitrogens with one attached hydrogen (secondary N) is 1. The number of ether oxygens (including phenoxy) is 1. The maximum atomic E-state index is 11.2. The van der Waals surface area contributed by atoms with Crippen LogP contribution >= 0.6 is 0 Å². The second-order valence-electron chi connectivity index (χ2n) is 2.70. The van der Waals surface area contributed by atoms with Crippen LogP contribution in [-0.2, 0) is 0 Å². The Labute approximate surface area is 80.0 Å². The fourth-order valence-corrected chi connectivity index (χ4v) is 1.16. The molecular formula is C9H9N3O2. The minimum atomic E-state index is -0.254. The summed E-state index contributed by atoms with van der Waals surface area (Å²) in [5.74, 6) is 0.748. The lowest BCUT2D eigenvalue weighted by atomic mass is 10.3. The van der Waals surface area contributed by atoms with Gasteiger partial charge in [0.25, 0.3) is 0 Å². The number of nitrogens with zero attached hydrogens (tertiary/aromatic N) is 2. The zero-order valence-corrected chi connectivity index (χ0v) is 7.60. The molecule has 0 aliphatic carbocycles. The van der Waals surface area contributed by atoms with Crippen molar-refractivity contribution in [1.82, 2.24) is 14.8 Å². The zero-order chi connectivity index (χ0) is 9.97. The number of aromatic nitrogens is 3. The quantitative estimate of drug-likeness (QED) is 0.754. The first-order chi connectivity index (χ1) is 6.81. The normalized spacial score (nSPS) is 10.1. The van der Waals surface area contributed by atoms with Crippen molar-refractivity contribution >= 4 is 0 Å². The summed E-state index contributed by atoms with van der Waals surface area (Å²) >= 11 is 0. The van der Waals surface area contributed by atoms with Crippen molar-refractivity contribution in [2.24, 2.45) is 0 Å². The Bertz CT molecular complexity index is 469. The van der Waals surface area contributed by atoms with Crippen molar-refractivity contribution in [2.45, 2.75) is 0 Å². The molecule has 1 N–H and O–H groups in total. The molecule has 0 aliphatic rings. The van der Waals surface area contributed by atoms with Gasteiger partial charge in [-0.3, -0.25) is 4.98 Å². The second-order valence-corrected chi connectivity index (χ2v) is 2.70. The SMILES string of the molecule is COc1ccc(-n2nc[nH]c2=O)cc1. The van der Waals surface area contributed by atoms with Gasteiger partial charge in [0.15, 0.2) is 0 Å². The van der Waals surface area contributed by atoms with Crippen molar-refractivity contribution in [1.29, 1.82) is 0 Å². The molecular weight excluding hydrogens is 182 g/mol. The number of H-pyrrole nitrogens is 1. The summed E-state index contributed by atoms with van der Waals surface area (Å²) in [6.45, 7) is 0. The van der Waals surface area contributed by atoms with Crippen LogP contribution in [0.2, 0.25) is 0 Å². The average molecular weight is 191 g/mol. The van der Waals surface area contributed by atoms with E-state index in [1.807, 2.05) is 0 Å². The summed E-state index contributed by atoms with van der Waals surface area (Å²) in [5, 5.41) is 3.85. The van der Waals surface area contributed by atoms with Crippen LogP contribution in [0.3, 0.4) is 0 Å². The van der Waals surface area contributed by atoms with Crippen LogP contribution < -0.4 is 10.4 Å². The van der Waals surface area contributed by atoms with Gasteiger partial charge < -0.3 is 4.74 Å². The van der Waals surface area contributed by atoms with Gasteiger partial charge in [0, 0.05) is 0 Å². The van der Waals surface area contributed by atoms with Gasteiger partial charge in [-0.2, -0.15) is 9.78 Å². The van der Waals surface area contributed by atoms with E-state index in [4.69, 9.17) is 4.74 Å². The van der Waals surface area contributed by atoms with Crippen molar-refractivity contribution in [3.05, 3.63) is 41.1 Å². The minimum Gasteiger partial charge on any atom is -0.497 e. The van der Waals surface area contributed by atoms with Crippen LogP contribution in [-0.4, -0.2) is 21.9 Å². The zero-order valence-electron chi connectivity index (χ0n) is 7.60. The molecule has 0 radical (unpaired) electrons. The Kier molecular flexibility index (Phi) is 2.06. The molecule has 0 amide bonds. The highest BCUT2D eigenvalue weighted by atomic mass is 16.5. The Hall–Kier alpha value is -2.04. The molecule has 0 saturated carbocycles. The van der Waals surface area contributed by atoms with Crippen molar-refractivity contribution < 1.29 is 4.74 Å². The first-order valence-electron chi connectivity index (χ1n) is 4.08. The fraction of sp³-hybridized carbons (Fsp3) is 0.111. The first kappa shape index (κ1) is 8.55. The molecule has 0 aliphatic heterocycles. The molecule has 1 heterocycles. The predicted octanol–water partition coefficient (Wildman–Crippen LogP) is 0.569. The van der Waals surface area contributed by atoms with Gasteiger partial charge in [0.1, 0.15) is 12.1 Å². The highest BCUT2D eigenvalue weighted by Gasteiger charge is 2.00. The Balaban J connectivity index is 2.44. The molecule has 0 saturated heterocycles. The summed E-state index contributed by atoms with van der Waals surface area (Å²) in [6.07, 6.45) is 1.35. The molecule has 1 aromatic carbocycles. The molecule has 2 rings (SSSR count). The van der Waals surface area contributed by atoms with Crippen LogP contribution in [0.25, 0.3) is 5.69 Å². The summed E-state index contributed by atoms with van der Waals surface area (Å²) in [5.41, 5.74) is 0.451. The van der Waals surface area contributed by atoms with Gasteiger partial charge in [0.2, 0.25) is 0 Å². The van der Waals surface area contributed by atoms with Crippen molar-refractivity contribution in [2.75, 3.05) is 7.11 Å². The highest BCUT2D eigenvalue weighted by Crippen LogP contribution is 2.12. The minimum absolute atomic E-state index is 0.254. The van der Waals surface area contributed by atoms with Crippen LogP contribution in [0, 0.1) is 0 Å². The van der Waals surface area contributed by atoms with E-state index in [0.717, 1.165) is 5.75 Å². The summed E-state index contributed by atoms with van der Waals surface area (Å²) < 4.78 is 6.28. The number of hydrogen-bond donors (Lipinski definition) is 1. The maximum absolute atomic E-state index is 11.2. The molecule has 0 spiro atoms. The lowest BCUT2D eigenvalue weighted by Crippen LogP contribution is -2.15. The largest absolute Gasteiger partial charge is 0.497 e. The maximum Gasteiger partial charge on any atom is 0.347 e. The van der Waals surface area contributed by atoms with E-state index < -0.39 is 0 Å². The number of hydrogen-bond acceptors (Lipinski definition) is 3. The van der Waals surface area contributed by atoms with Crippen molar-refractivity contribution in [3.63, 3.8) is 0 Å². The van der Waals surface area contributed by atoms with E-state index in [1.54, 1.807) is 31.4 Å². The van der Waals surface area contributed by atoms with Gasteiger partial charge in [-0.1, -0.05) is 0 Å². The molecule has 5 nitrogen and oxygen atoms in total. The molecule has 0 fully saturated rings. The lowest BCUT2D eigenvalue weighted by Gasteiger charge is -2.01. The van der Waals surface area contributed by atoms with E-state index in [0.29, 0.717) is 5.69 Å². The Morgan fingerprint density at radius 2 is 2.07 bits per heavy atom. The first-order valence-corrected chi connectivity index (χ1v) is 4.08. The van der Waals surface area contributed by atoms with Gasteiger partial charge in [-0.15, -0.1) is 0 Å². The van der Waals surface area contributed by atoms with Crippen molar-refractivity contribution in [3.8, 4) is 11.4 Å². The third-order valence-corrected chi connectivity index (χ3v) is 1.87. The van der Waals surface area contributed by atoms with E-state index >= 15 is 0 Å². The van der Waals surface area contributed by atoms with Crippen LogP contribution in [0.15, 0.2) is 35.4 Å². The van der Waals surface area contributed by atoms with E-state index in [1.165, 1.54) is 11.0 Å². The molecule has 5 heteroatoms. The monoisotopic (exact) mass is 191 g/mol. The van der Waals surface area contributed by atoms with Gasteiger partial charge >= 0.3 is 5.69 Å². The Morgan fingerprint density at radius 3 is 2.57 bits per heavy atom. The fourth-order valence-electron chi connectivity index (χ4n) is 1.16. The number of aromatic amines is 1. The third kappa shape index (κ3) is 1.39. The van der Waals surface area contributed by atoms with Gasteiger partial charge in [0.05, 0.1) is 12.8 Å². The molecule has 0 bridgehead atoms. The smallest absolute Gasteiger partial charge is 0.347 e. The van der Waals surface area contributed by atoms with Crippen LogP contribution in [0.1, 0.15) is 0 Å². The van der Waals surface area contributed by atoms with E-state index in [2.05, 4.69) is 10.1 Å². The molecule has 2 aromatic rings. The third-order valence-electron chi connectivity index (χ3n) is 1.87.